The van der Waals surface area contributed by atoms with Gasteiger partial charge in [0.05, 0.1) is 7.11 Å². The summed E-state index contributed by atoms with van der Waals surface area (Å²) >= 11 is 0. The Morgan fingerprint density at radius 3 is 2.33 bits per heavy atom. The largest absolute Gasteiger partial charge is 0.497 e. The molecule has 0 saturated carbocycles. The number of ether oxygens (including phenoxy) is 1. The van der Waals surface area contributed by atoms with Gasteiger partial charge in [-0.05, 0) is 24.1 Å². The van der Waals surface area contributed by atoms with Gasteiger partial charge in [0.2, 0.25) is 0 Å². The van der Waals surface area contributed by atoms with E-state index in [0.29, 0.717) is 5.75 Å². The van der Waals surface area contributed by atoms with Crippen LogP contribution in [0.4, 0.5) is 0 Å². The molecular weight excluding hydrogens is 260 g/mol. The van der Waals surface area contributed by atoms with Gasteiger partial charge in [-0.1, -0.05) is 12.1 Å². The number of hydrogen-bond acceptors (Lipinski definition) is 6. The van der Waals surface area contributed by atoms with Crippen molar-refractivity contribution in [3.63, 3.8) is 0 Å². The van der Waals surface area contributed by atoms with Crippen LogP contribution in [0.3, 0.4) is 0 Å². The van der Waals surface area contributed by atoms with E-state index < -0.39 is 22.3 Å². The number of methoxy groups -OCH3 is 1. The predicted molar refractivity (Wildman–Crippen MR) is 63.9 cm³/mol. The third-order valence-electron chi connectivity index (χ3n) is 2.12. The maximum Gasteiger partial charge on any atom is 0.382 e. The molecule has 0 aliphatic heterocycles. The van der Waals surface area contributed by atoms with Gasteiger partial charge in [-0.2, -0.15) is 13.6 Å². The van der Waals surface area contributed by atoms with Gasteiger partial charge in [-0.25, -0.2) is 4.79 Å². The second-order valence-electron chi connectivity index (χ2n) is 3.55. The van der Waals surface area contributed by atoms with Gasteiger partial charge in [0.1, 0.15) is 11.8 Å². The molecule has 0 heterocycles. The normalized spacial score (nSPS) is 12.8. The molecule has 0 fully saturated rings. The summed E-state index contributed by atoms with van der Waals surface area (Å²) in [5.41, 5.74) is 6.25. The number of hydrogen-bond donors (Lipinski definition) is 2. The first kappa shape index (κ1) is 14.4. The molecule has 0 aliphatic carbocycles. The zero-order chi connectivity index (χ0) is 13.8. The Morgan fingerprint density at radius 2 is 1.89 bits per heavy atom. The van der Waals surface area contributed by atoms with Gasteiger partial charge < -0.3 is 14.7 Å². The summed E-state index contributed by atoms with van der Waals surface area (Å²) < 4.78 is 30.0. The highest BCUT2D eigenvalue weighted by Crippen LogP contribution is 2.12. The first-order valence-corrected chi connectivity index (χ1v) is 6.43. The molecule has 1 rings (SSSR count). The fourth-order valence-electron chi connectivity index (χ4n) is 1.28. The average Bonchev–Trinajstić information content (AvgIpc) is 2.27. The molecule has 100 valence electrons. The van der Waals surface area contributed by atoms with Gasteiger partial charge in [-0.15, -0.1) is 0 Å². The summed E-state index contributed by atoms with van der Waals surface area (Å²) in [7, 11) is -2.79. The lowest BCUT2D eigenvalue weighted by Gasteiger charge is -2.10. The molecule has 0 unspecified atom stereocenters. The SMILES string of the molecule is COc1ccc(C[C@H](N)C(=O)OS(N)(=O)=O)cc1. The fourth-order valence-corrected chi connectivity index (χ4v) is 1.63. The first-order valence-electron chi connectivity index (χ1n) is 4.96. The Hall–Kier alpha value is -1.64. The molecule has 0 amide bonds. The molecule has 0 aliphatic rings. The van der Waals surface area contributed by atoms with Crippen LogP contribution in [0.15, 0.2) is 24.3 Å². The molecule has 0 bridgehead atoms. The van der Waals surface area contributed by atoms with E-state index in [1.807, 2.05) is 0 Å². The molecule has 1 aromatic carbocycles. The van der Waals surface area contributed by atoms with Crippen LogP contribution in [0.5, 0.6) is 5.75 Å². The van der Waals surface area contributed by atoms with E-state index in [9.17, 15) is 13.2 Å². The molecule has 1 aromatic rings. The molecule has 8 heteroatoms. The zero-order valence-electron chi connectivity index (χ0n) is 9.70. The molecule has 0 aromatic heterocycles. The third-order valence-corrected chi connectivity index (χ3v) is 2.51. The van der Waals surface area contributed by atoms with Crippen molar-refractivity contribution in [3.8, 4) is 5.75 Å². The summed E-state index contributed by atoms with van der Waals surface area (Å²) in [5.74, 6) is -0.423. The minimum atomic E-state index is -4.32. The van der Waals surface area contributed by atoms with Gasteiger partial charge >= 0.3 is 16.3 Å². The summed E-state index contributed by atoms with van der Waals surface area (Å²) in [6.45, 7) is 0. The van der Waals surface area contributed by atoms with Crippen molar-refractivity contribution in [3.05, 3.63) is 29.8 Å². The molecule has 4 N–H and O–H groups in total. The number of rotatable bonds is 5. The van der Waals surface area contributed by atoms with Crippen LogP contribution in [-0.2, 0) is 25.7 Å². The standard InChI is InChI=1S/C10H14N2O5S/c1-16-8-4-2-7(3-5-8)6-9(11)10(13)17-18(12,14)15/h2-5,9H,6,11H2,1H3,(H2,12,14,15)/t9-/m0/s1. The van der Waals surface area contributed by atoms with Crippen LogP contribution in [0.1, 0.15) is 5.56 Å². The second-order valence-corrected chi connectivity index (χ2v) is 4.71. The van der Waals surface area contributed by atoms with E-state index in [2.05, 4.69) is 9.32 Å². The van der Waals surface area contributed by atoms with Crippen LogP contribution >= 0.6 is 0 Å². The quantitative estimate of drug-likeness (QED) is 0.733. The molecule has 0 spiro atoms. The van der Waals surface area contributed by atoms with E-state index in [4.69, 9.17) is 10.5 Å². The summed E-state index contributed by atoms with van der Waals surface area (Å²) in [6, 6.07) is 5.73. The van der Waals surface area contributed by atoms with E-state index in [1.54, 1.807) is 24.3 Å². The van der Waals surface area contributed by atoms with Crippen LogP contribution in [0, 0.1) is 0 Å². The average molecular weight is 274 g/mol. The lowest BCUT2D eigenvalue weighted by Crippen LogP contribution is -2.37. The Bertz CT molecular complexity index is 512. The number of benzene rings is 1. The van der Waals surface area contributed by atoms with Crippen molar-refractivity contribution < 1.29 is 22.1 Å². The van der Waals surface area contributed by atoms with Crippen molar-refractivity contribution >= 4 is 16.3 Å². The highest BCUT2D eigenvalue weighted by Gasteiger charge is 2.20. The Kier molecular flexibility index (Phi) is 4.65. The van der Waals surface area contributed by atoms with Gasteiger partial charge in [0.15, 0.2) is 0 Å². The maximum absolute atomic E-state index is 11.3. The smallest absolute Gasteiger partial charge is 0.382 e. The van der Waals surface area contributed by atoms with Crippen LogP contribution in [0.25, 0.3) is 0 Å². The molecule has 7 nitrogen and oxygen atoms in total. The molecule has 0 saturated heterocycles. The minimum Gasteiger partial charge on any atom is -0.497 e. The third kappa shape index (κ3) is 4.70. The summed E-state index contributed by atoms with van der Waals surface area (Å²) in [5, 5.41) is 4.56. The number of carbonyl (C=O) groups excluding carboxylic acids is 1. The van der Waals surface area contributed by atoms with Gasteiger partial charge in [0, 0.05) is 0 Å². The Labute approximate surface area is 105 Å². The van der Waals surface area contributed by atoms with Crippen molar-refractivity contribution in [2.75, 3.05) is 7.11 Å². The highest BCUT2D eigenvalue weighted by molar-refractivity contribution is 7.84. The van der Waals surface area contributed by atoms with Crippen LogP contribution in [-0.4, -0.2) is 27.5 Å². The van der Waals surface area contributed by atoms with Crippen molar-refractivity contribution in [2.24, 2.45) is 10.9 Å². The summed E-state index contributed by atoms with van der Waals surface area (Å²) in [4.78, 5) is 11.3. The van der Waals surface area contributed by atoms with Crippen LogP contribution < -0.4 is 15.6 Å². The van der Waals surface area contributed by atoms with Crippen molar-refractivity contribution in [1.29, 1.82) is 0 Å². The lowest BCUT2D eigenvalue weighted by molar-refractivity contribution is -0.135. The topological polar surface area (TPSA) is 122 Å². The minimum absolute atomic E-state index is 0.137. The maximum atomic E-state index is 11.3. The van der Waals surface area contributed by atoms with Crippen LogP contribution in [0.2, 0.25) is 0 Å². The monoisotopic (exact) mass is 274 g/mol. The van der Waals surface area contributed by atoms with E-state index in [0.717, 1.165) is 5.56 Å². The van der Waals surface area contributed by atoms with E-state index in [1.165, 1.54) is 7.11 Å². The molecule has 18 heavy (non-hydrogen) atoms. The Morgan fingerprint density at radius 1 is 1.33 bits per heavy atom. The first-order chi connectivity index (χ1) is 8.31. The van der Waals surface area contributed by atoms with Crippen molar-refractivity contribution in [2.45, 2.75) is 12.5 Å². The number of carbonyl (C=O) groups is 1. The summed E-state index contributed by atoms with van der Waals surface area (Å²) in [6.07, 6.45) is 0.137. The molecular formula is C10H14N2O5S. The van der Waals surface area contributed by atoms with E-state index in [-0.39, 0.29) is 6.42 Å². The molecule has 0 radical (unpaired) electrons. The fraction of sp³-hybridized carbons (Fsp3) is 0.300. The van der Waals surface area contributed by atoms with Gasteiger partial charge in [-0.3, -0.25) is 0 Å². The van der Waals surface area contributed by atoms with E-state index >= 15 is 0 Å². The molecule has 1 atom stereocenters. The zero-order valence-corrected chi connectivity index (χ0v) is 10.5. The lowest BCUT2D eigenvalue weighted by atomic mass is 10.1. The second kappa shape index (κ2) is 5.80. The Balaban J connectivity index is 2.63. The van der Waals surface area contributed by atoms with Gasteiger partial charge in [0.25, 0.3) is 0 Å². The predicted octanol–water partition coefficient (Wildman–Crippen LogP) is -0.688. The van der Waals surface area contributed by atoms with Crippen molar-refractivity contribution in [1.82, 2.24) is 0 Å². The number of nitrogens with two attached hydrogens (primary N) is 2. The highest BCUT2D eigenvalue weighted by atomic mass is 32.2.